The number of nitrogens with one attached hydrogen (secondary N) is 2. The number of alkyl carbamates (subject to hydrolysis) is 1. The van der Waals surface area contributed by atoms with E-state index in [-0.39, 0.29) is 17.7 Å². The summed E-state index contributed by atoms with van der Waals surface area (Å²) in [7, 11) is 0. The number of ether oxygens (including phenoxy) is 1. The van der Waals surface area contributed by atoms with E-state index in [1.54, 1.807) is 31.7 Å². The van der Waals surface area contributed by atoms with Crippen LogP contribution in [-0.4, -0.2) is 41.0 Å². The monoisotopic (exact) mass is 571 g/mol. The maximum absolute atomic E-state index is 14.4. The van der Waals surface area contributed by atoms with E-state index in [1.807, 2.05) is 71.9 Å². The van der Waals surface area contributed by atoms with Crippen LogP contribution in [0, 0.1) is 26.7 Å². The van der Waals surface area contributed by atoms with Crippen LogP contribution in [0.1, 0.15) is 89.1 Å². The lowest BCUT2D eigenvalue weighted by Crippen LogP contribution is -2.55. The highest BCUT2D eigenvalue weighted by Gasteiger charge is 2.39. The molecule has 2 N–H and O–H groups in total. The van der Waals surface area contributed by atoms with Crippen molar-refractivity contribution in [3.05, 3.63) is 63.7 Å². The number of carbonyl (C=O) groups excluding carboxylic acids is 3. The topological polar surface area (TPSA) is 87.7 Å². The molecule has 3 unspecified atom stereocenters. The average Bonchev–Trinajstić information content (AvgIpc) is 2.86. The Bertz CT molecular complexity index is 1150. The first-order chi connectivity index (χ1) is 18.7. The van der Waals surface area contributed by atoms with Gasteiger partial charge in [-0.1, -0.05) is 75.5 Å². The zero-order chi connectivity index (χ0) is 30.2. The van der Waals surface area contributed by atoms with Gasteiger partial charge < -0.3 is 20.3 Å². The molecule has 7 nitrogen and oxygen atoms in total. The number of nitrogens with zero attached hydrogens (tertiary/aromatic N) is 1. The van der Waals surface area contributed by atoms with Crippen molar-refractivity contribution in [3.63, 3.8) is 0 Å². The van der Waals surface area contributed by atoms with Crippen molar-refractivity contribution in [2.45, 2.75) is 99.3 Å². The highest BCUT2D eigenvalue weighted by molar-refractivity contribution is 6.34. The molecule has 40 heavy (non-hydrogen) atoms. The van der Waals surface area contributed by atoms with Gasteiger partial charge in [-0.2, -0.15) is 0 Å². The molecule has 2 aromatic carbocycles. The maximum Gasteiger partial charge on any atom is 0.408 e. The fraction of sp³-hybridized carbons (Fsp3) is 0.531. The van der Waals surface area contributed by atoms with E-state index in [9.17, 15) is 14.4 Å². The number of aryl methyl sites for hydroxylation is 3. The fourth-order valence-corrected chi connectivity index (χ4v) is 4.93. The van der Waals surface area contributed by atoms with Crippen LogP contribution < -0.4 is 10.6 Å². The summed E-state index contributed by atoms with van der Waals surface area (Å²) in [6.45, 7) is 17.3. The first kappa shape index (κ1) is 33.1. The molecule has 0 bridgehead atoms. The highest BCUT2D eigenvalue weighted by atomic mass is 35.5. The molecule has 0 saturated heterocycles. The Labute approximate surface area is 245 Å². The second-order valence-corrected chi connectivity index (χ2v) is 11.9. The molecule has 0 radical (unpaired) electrons. The Morgan fingerprint density at radius 2 is 1.55 bits per heavy atom. The van der Waals surface area contributed by atoms with E-state index >= 15 is 0 Å². The summed E-state index contributed by atoms with van der Waals surface area (Å²) in [6.07, 6.45) is 1.49. The lowest BCUT2D eigenvalue weighted by molar-refractivity contribution is -0.142. The SMILES string of the molecule is CCCCN(C(=O)C(NC(=O)OC(C)(C)C)C(C)CC)C(C(=O)Nc1c(C)cccc1Cl)c1c(C)cccc1C. The van der Waals surface area contributed by atoms with Crippen LogP contribution in [0.25, 0.3) is 0 Å². The Morgan fingerprint density at radius 1 is 0.975 bits per heavy atom. The van der Waals surface area contributed by atoms with Gasteiger partial charge in [0.05, 0.1) is 10.7 Å². The quantitative estimate of drug-likeness (QED) is 0.292. The molecular weight excluding hydrogens is 526 g/mol. The van der Waals surface area contributed by atoms with Crippen molar-refractivity contribution in [1.29, 1.82) is 0 Å². The third-order valence-corrected chi connectivity index (χ3v) is 7.35. The normalized spacial score (nSPS) is 13.7. The summed E-state index contributed by atoms with van der Waals surface area (Å²) in [6, 6.07) is 9.42. The first-order valence-electron chi connectivity index (χ1n) is 14.1. The molecule has 0 heterocycles. The Hall–Kier alpha value is -3.06. The van der Waals surface area contributed by atoms with Crippen molar-refractivity contribution in [2.75, 3.05) is 11.9 Å². The van der Waals surface area contributed by atoms with Crippen LogP contribution in [-0.2, 0) is 14.3 Å². The molecular formula is C32H46ClN3O4. The number of halogens is 1. The van der Waals surface area contributed by atoms with E-state index in [4.69, 9.17) is 16.3 Å². The zero-order valence-corrected chi connectivity index (χ0v) is 26.2. The van der Waals surface area contributed by atoms with Gasteiger partial charge in [0.2, 0.25) is 5.91 Å². The summed E-state index contributed by atoms with van der Waals surface area (Å²) in [5.41, 5.74) is 3.16. The number of carbonyl (C=O) groups is 3. The third-order valence-electron chi connectivity index (χ3n) is 7.03. The number of amides is 3. The molecule has 2 aromatic rings. The number of para-hydroxylation sites is 1. The van der Waals surface area contributed by atoms with Gasteiger partial charge in [-0.3, -0.25) is 9.59 Å². The number of hydrogen-bond donors (Lipinski definition) is 2. The van der Waals surface area contributed by atoms with Gasteiger partial charge in [0.15, 0.2) is 0 Å². The van der Waals surface area contributed by atoms with Gasteiger partial charge in [-0.05, 0) is 82.2 Å². The summed E-state index contributed by atoms with van der Waals surface area (Å²) < 4.78 is 5.50. The van der Waals surface area contributed by atoms with Crippen LogP contribution >= 0.6 is 11.6 Å². The predicted octanol–water partition coefficient (Wildman–Crippen LogP) is 7.51. The van der Waals surface area contributed by atoms with Gasteiger partial charge >= 0.3 is 6.09 Å². The molecule has 0 aliphatic carbocycles. The predicted molar refractivity (Wildman–Crippen MR) is 163 cm³/mol. The van der Waals surface area contributed by atoms with Crippen LogP contribution in [0.5, 0.6) is 0 Å². The van der Waals surface area contributed by atoms with Gasteiger partial charge in [0.25, 0.3) is 5.91 Å². The van der Waals surface area contributed by atoms with E-state index < -0.39 is 23.8 Å². The summed E-state index contributed by atoms with van der Waals surface area (Å²) in [5, 5.41) is 6.26. The number of anilines is 1. The molecule has 0 aromatic heterocycles. The summed E-state index contributed by atoms with van der Waals surface area (Å²) in [4.78, 5) is 43.1. The molecule has 0 fully saturated rings. The third kappa shape index (κ3) is 8.72. The molecule has 0 saturated carbocycles. The number of benzene rings is 2. The second kappa shape index (κ2) is 14.5. The van der Waals surface area contributed by atoms with Crippen molar-refractivity contribution >= 4 is 35.2 Å². The van der Waals surface area contributed by atoms with Crippen LogP contribution in [0.3, 0.4) is 0 Å². The minimum Gasteiger partial charge on any atom is -0.444 e. The number of hydrogen-bond acceptors (Lipinski definition) is 4. The smallest absolute Gasteiger partial charge is 0.408 e. The van der Waals surface area contributed by atoms with Gasteiger partial charge in [-0.25, -0.2) is 4.79 Å². The molecule has 0 spiro atoms. The molecule has 8 heteroatoms. The Kier molecular flexibility index (Phi) is 12.0. The summed E-state index contributed by atoms with van der Waals surface area (Å²) in [5.74, 6) is -0.887. The second-order valence-electron chi connectivity index (χ2n) is 11.5. The van der Waals surface area contributed by atoms with Crippen molar-refractivity contribution in [3.8, 4) is 0 Å². The zero-order valence-electron chi connectivity index (χ0n) is 25.5. The van der Waals surface area contributed by atoms with Crippen molar-refractivity contribution < 1.29 is 19.1 Å². The van der Waals surface area contributed by atoms with Crippen molar-refractivity contribution in [2.24, 2.45) is 5.92 Å². The largest absolute Gasteiger partial charge is 0.444 e. The lowest BCUT2D eigenvalue weighted by Gasteiger charge is -2.37. The molecule has 220 valence electrons. The minimum atomic E-state index is -0.942. The average molecular weight is 572 g/mol. The molecule has 0 aliphatic heterocycles. The fourth-order valence-electron chi connectivity index (χ4n) is 4.66. The highest BCUT2D eigenvalue weighted by Crippen LogP contribution is 2.33. The number of unbranched alkanes of at least 4 members (excludes halogenated alkanes) is 1. The Balaban J connectivity index is 2.66. The lowest BCUT2D eigenvalue weighted by atomic mass is 9.91. The van der Waals surface area contributed by atoms with Gasteiger partial charge in [-0.15, -0.1) is 0 Å². The molecule has 0 aliphatic rings. The van der Waals surface area contributed by atoms with Crippen molar-refractivity contribution in [1.82, 2.24) is 10.2 Å². The first-order valence-corrected chi connectivity index (χ1v) is 14.5. The van der Waals surface area contributed by atoms with Gasteiger partial charge in [0, 0.05) is 6.54 Å². The number of rotatable bonds is 11. The van der Waals surface area contributed by atoms with Crippen LogP contribution in [0.15, 0.2) is 36.4 Å². The van der Waals surface area contributed by atoms with Crippen LogP contribution in [0.2, 0.25) is 5.02 Å². The van der Waals surface area contributed by atoms with E-state index in [0.717, 1.165) is 28.7 Å². The summed E-state index contributed by atoms with van der Waals surface area (Å²) >= 11 is 6.48. The maximum atomic E-state index is 14.4. The standard InChI is InChI=1S/C32H46ClN3O4/c1-10-12-19-36(30(38)27(20(3)11-2)35-31(39)40-32(7,8)9)28(25-21(4)15-13-16-22(25)5)29(37)34-26-23(6)17-14-18-24(26)33/h13-18,20,27-28H,10-12,19H2,1-9H3,(H,34,37)(H,35,39). The van der Waals surface area contributed by atoms with E-state index in [1.165, 1.54) is 0 Å². The van der Waals surface area contributed by atoms with Gasteiger partial charge in [0.1, 0.15) is 17.7 Å². The van der Waals surface area contributed by atoms with E-state index in [2.05, 4.69) is 10.6 Å². The van der Waals surface area contributed by atoms with Crippen LogP contribution in [0.4, 0.5) is 10.5 Å². The van der Waals surface area contributed by atoms with E-state index in [0.29, 0.717) is 30.1 Å². The molecule has 3 atom stereocenters. The minimum absolute atomic E-state index is 0.198. The molecule has 2 rings (SSSR count). The molecule has 3 amide bonds. The Morgan fingerprint density at radius 3 is 2.08 bits per heavy atom.